The Balaban J connectivity index is 1.49. The van der Waals surface area contributed by atoms with E-state index in [1.165, 1.54) is 22.7 Å². The van der Waals surface area contributed by atoms with Gasteiger partial charge in [0.25, 0.3) is 5.91 Å². The standard InChI is InChI=1S/C34H42N4O7S2/c1-6-23-18-34(23,30(41)37-47(44,45)25-16-17-25)36-28(39)26-19-33(46-5,20-38(26)29(40)27(32(2,3)4)35-31(42)43)24-14-12-22(13-15-24)21-10-8-7-9-11-21/h6-15,23,25-27,35H,1,16-20H2,2-5H3,(H,36,39)(H,37,41)(H,42,43)/t23?,26-,27+,33-,34?/m0/s1. The molecule has 3 aliphatic rings. The molecular formula is C34H42N4O7S2. The number of nitrogens with one attached hydrogen (secondary N) is 3. The molecule has 252 valence electrons. The Labute approximate surface area is 280 Å². The second-order valence-electron chi connectivity index (χ2n) is 13.8. The van der Waals surface area contributed by atoms with Crippen LogP contribution in [0.4, 0.5) is 4.79 Å². The van der Waals surface area contributed by atoms with Crippen molar-refractivity contribution < 1.29 is 32.7 Å². The van der Waals surface area contributed by atoms with Crippen LogP contribution in [0.2, 0.25) is 0 Å². The number of likely N-dealkylation sites (tertiary alicyclic amines) is 1. The van der Waals surface area contributed by atoms with E-state index >= 15 is 0 Å². The number of hydrogen-bond acceptors (Lipinski definition) is 7. The van der Waals surface area contributed by atoms with Gasteiger partial charge in [0.15, 0.2) is 0 Å². The van der Waals surface area contributed by atoms with Crippen LogP contribution in [-0.2, 0) is 29.2 Å². The molecule has 4 amide bonds. The lowest BCUT2D eigenvalue weighted by Crippen LogP contribution is -2.60. The molecule has 11 nitrogen and oxygen atoms in total. The van der Waals surface area contributed by atoms with Crippen LogP contribution in [0.3, 0.4) is 0 Å². The van der Waals surface area contributed by atoms with Gasteiger partial charge < -0.3 is 20.6 Å². The molecule has 13 heteroatoms. The fourth-order valence-electron chi connectivity index (χ4n) is 6.37. The van der Waals surface area contributed by atoms with Gasteiger partial charge in [-0.15, -0.1) is 6.58 Å². The molecule has 5 atom stereocenters. The van der Waals surface area contributed by atoms with Crippen LogP contribution in [0.15, 0.2) is 67.3 Å². The first-order valence-electron chi connectivity index (χ1n) is 15.6. The van der Waals surface area contributed by atoms with Crippen molar-refractivity contribution in [2.24, 2.45) is 11.3 Å². The third kappa shape index (κ3) is 6.92. The Morgan fingerprint density at radius 3 is 2.15 bits per heavy atom. The van der Waals surface area contributed by atoms with E-state index in [-0.39, 0.29) is 19.4 Å². The molecule has 1 saturated heterocycles. The maximum atomic E-state index is 14.3. The highest BCUT2D eigenvalue weighted by atomic mass is 32.2. The summed E-state index contributed by atoms with van der Waals surface area (Å²) in [7, 11) is -3.88. The van der Waals surface area contributed by atoms with Crippen LogP contribution in [0.5, 0.6) is 0 Å². The van der Waals surface area contributed by atoms with Gasteiger partial charge in [0, 0.05) is 12.5 Å². The molecule has 0 bridgehead atoms. The predicted octanol–water partition coefficient (Wildman–Crippen LogP) is 3.86. The van der Waals surface area contributed by atoms with Crippen LogP contribution >= 0.6 is 11.8 Å². The molecule has 0 spiro atoms. The van der Waals surface area contributed by atoms with Gasteiger partial charge in [-0.05, 0) is 54.0 Å². The van der Waals surface area contributed by atoms with E-state index in [2.05, 4.69) is 21.9 Å². The average Bonchev–Trinajstić information content (AvgIpc) is 3.96. The number of sulfonamides is 1. The van der Waals surface area contributed by atoms with Crippen LogP contribution in [-0.4, -0.2) is 77.9 Å². The van der Waals surface area contributed by atoms with Gasteiger partial charge in [-0.25, -0.2) is 13.2 Å². The van der Waals surface area contributed by atoms with E-state index in [0.29, 0.717) is 12.8 Å². The second-order valence-corrected chi connectivity index (χ2v) is 16.9. The van der Waals surface area contributed by atoms with Crippen LogP contribution < -0.4 is 15.4 Å². The molecule has 2 aromatic carbocycles. The summed E-state index contributed by atoms with van der Waals surface area (Å²) >= 11 is 1.49. The van der Waals surface area contributed by atoms with Crippen molar-refractivity contribution in [3.05, 3.63) is 72.8 Å². The van der Waals surface area contributed by atoms with Crippen molar-refractivity contribution in [2.75, 3.05) is 12.8 Å². The highest BCUT2D eigenvalue weighted by molar-refractivity contribution is 7.99. The van der Waals surface area contributed by atoms with Gasteiger partial charge in [-0.3, -0.25) is 19.1 Å². The minimum atomic E-state index is -3.88. The maximum absolute atomic E-state index is 14.3. The summed E-state index contributed by atoms with van der Waals surface area (Å²) < 4.78 is 26.7. The van der Waals surface area contributed by atoms with E-state index < -0.39 is 72.8 Å². The molecule has 1 heterocycles. The summed E-state index contributed by atoms with van der Waals surface area (Å²) in [6.45, 7) is 9.07. The first-order chi connectivity index (χ1) is 22.1. The predicted molar refractivity (Wildman–Crippen MR) is 181 cm³/mol. The molecule has 0 aromatic heterocycles. The Morgan fingerprint density at radius 1 is 1.02 bits per heavy atom. The normalized spacial score (nSPS) is 26.2. The minimum absolute atomic E-state index is 0.101. The summed E-state index contributed by atoms with van der Waals surface area (Å²) in [6, 6.07) is 15.6. The van der Waals surface area contributed by atoms with Gasteiger partial charge in [0.1, 0.15) is 17.6 Å². The lowest BCUT2D eigenvalue weighted by Gasteiger charge is -2.35. The average molecular weight is 683 g/mol. The second kappa shape index (κ2) is 12.6. The number of hydrogen-bond donors (Lipinski definition) is 4. The lowest BCUT2D eigenvalue weighted by atomic mass is 9.85. The van der Waals surface area contributed by atoms with Gasteiger partial charge in [0.2, 0.25) is 21.8 Å². The smallest absolute Gasteiger partial charge is 0.405 e. The summed E-state index contributed by atoms with van der Waals surface area (Å²) in [5.41, 5.74) is 0.567. The van der Waals surface area contributed by atoms with E-state index in [1.54, 1.807) is 20.8 Å². The molecule has 2 unspecified atom stereocenters. The first kappa shape index (κ1) is 34.5. The van der Waals surface area contributed by atoms with E-state index in [9.17, 15) is 32.7 Å². The Hall–Kier alpha value is -3.84. The van der Waals surface area contributed by atoms with Crippen molar-refractivity contribution >= 4 is 45.6 Å². The zero-order valence-electron chi connectivity index (χ0n) is 27.0. The largest absolute Gasteiger partial charge is 0.465 e. The van der Waals surface area contributed by atoms with Gasteiger partial charge >= 0.3 is 6.09 Å². The molecule has 2 aliphatic carbocycles. The van der Waals surface area contributed by atoms with Crippen LogP contribution in [0.25, 0.3) is 11.1 Å². The lowest BCUT2D eigenvalue weighted by molar-refractivity contribution is -0.142. The minimum Gasteiger partial charge on any atom is -0.465 e. The third-order valence-electron chi connectivity index (χ3n) is 9.45. The number of rotatable bonds is 11. The topological polar surface area (TPSA) is 162 Å². The van der Waals surface area contributed by atoms with Crippen molar-refractivity contribution in [1.82, 2.24) is 20.3 Å². The van der Waals surface area contributed by atoms with Crippen molar-refractivity contribution in [3.63, 3.8) is 0 Å². The molecule has 3 fully saturated rings. The molecule has 2 saturated carbocycles. The van der Waals surface area contributed by atoms with Crippen LogP contribution in [0.1, 0.15) is 52.0 Å². The van der Waals surface area contributed by atoms with Crippen molar-refractivity contribution in [2.45, 2.75) is 74.1 Å². The SMILES string of the molecule is C=CC1CC1(NC(=O)[C@@H]1C[C@@](SC)(c2ccc(-c3ccccc3)cc2)CN1C(=O)[C@@H](NC(=O)O)C(C)(C)C)C(=O)NS(=O)(=O)C1CC1. The summed E-state index contributed by atoms with van der Waals surface area (Å²) in [5, 5.41) is 14.1. The molecule has 2 aromatic rings. The third-order valence-corrected chi connectivity index (χ3v) is 12.6. The van der Waals surface area contributed by atoms with Crippen molar-refractivity contribution in [3.8, 4) is 11.1 Å². The fraction of sp³-hybridized carbons (Fsp3) is 0.471. The highest BCUT2D eigenvalue weighted by Crippen LogP contribution is 2.49. The van der Waals surface area contributed by atoms with Gasteiger partial charge in [-0.1, -0.05) is 81.4 Å². The zero-order chi connectivity index (χ0) is 34.4. The monoisotopic (exact) mass is 682 g/mol. The quantitative estimate of drug-likeness (QED) is 0.260. The number of amides is 4. The number of carbonyl (C=O) groups excluding carboxylic acids is 3. The molecule has 0 radical (unpaired) electrons. The summed E-state index contributed by atoms with van der Waals surface area (Å²) in [6.07, 6.45) is 3.31. The number of carboxylic acid groups (broad SMARTS) is 1. The first-order valence-corrected chi connectivity index (χ1v) is 18.4. The number of carbonyl (C=O) groups is 4. The Kier molecular flexibility index (Phi) is 9.28. The summed E-state index contributed by atoms with van der Waals surface area (Å²) in [4.78, 5) is 55.1. The number of thioether (sulfide) groups is 1. The zero-order valence-corrected chi connectivity index (χ0v) is 28.6. The number of nitrogens with zero attached hydrogens (tertiary/aromatic N) is 1. The Bertz CT molecular complexity index is 1670. The van der Waals surface area contributed by atoms with E-state index in [0.717, 1.165) is 16.7 Å². The molecule has 5 rings (SSSR count). The summed E-state index contributed by atoms with van der Waals surface area (Å²) in [5.74, 6) is -2.52. The number of benzene rings is 2. The van der Waals surface area contributed by atoms with Gasteiger partial charge in [-0.2, -0.15) is 11.8 Å². The fourth-order valence-corrected chi connectivity index (χ4v) is 8.70. The van der Waals surface area contributed by atoms with Crippen molar-refractivity contribution in [1.29, 1.82) is 0 Å². The molecular weight excluding hydrogens is 641 g/mol. The highest BCUT2D eigenvalue weighted by Gasteiger charge is 2.62. The molecule has 1 aliphatic heterocycles. The molecule has 4 N–H and O–H groups in total. The van der Waals surface area contributed by atoms with E-state index in [4.69, 9.17) is 0 Å². The molecule has 47 heavy (non-hydrogen) atoms. The maximum Gasteiger partial charge on any atom is 0.405 e. The van der Waals surface area contributed by atoms with Gasteiger partial charge in [0.05, 0.1) is 10.00 Å². The Morgan fingerprint density at radius 2 is 1.64 bits per heavy atom. The van der Waals surface area contributed by atoms with Crippen LogP contribution in [0, 0.1) is 11.3 Å². The van der Waals surface area contributed by atoms with E-state index in [1.807, 2.05) is 60.9 Å².